The largest absolute Gasteiger partial charge is 0.358 e. The van der Waals surface area contributed by atoms with Crippen LogP contribution in [0.4, 0.5) is 0 Å². The number of amides is 2. The Balaban J connectivity index is 1.51. The molecule has 0 radical (unpaired) electrons. The van der Waals surface area contributed by atoms with Crippen LogP contribution in [0.1, 0.15) is 44.8 Å². The smallest absolute Gasteiger partial charge is 0.271 e. The van der Waals surface area contributed by atoms with Gasteiger partial charge in [-0.3, -0.25) is 25.4 Å². The lowest BCUT2D eigenvalue weighted by Crippen LogP contribution is -2.41. The van der Waals surface area contributed by atoms with Crippen LogP contribution in [0.3, 0.4) is 0 Å². The normalized spacial score (nSPS) is 13.3. The van der Waals surface area contributed by atoms with Crippen molar-refractivity contribution in [3.8, 4) is 0 Å². The molecule has 6 nitrogen and oxygen atoms in total. The third-order valence-corrected chi connectivity index (χ3v) is 4.57. The van der Waals surface area contributed by atoms with Crippen molar-refractivity contribution >= 4 is 22.7 Å². The van der Waals surface area contributed by atoms with Crippen LogP contribution in [0.2, 0.25) is 0 Å². The number of H-pyrrole nitrogens is 1. The molecule has 2 heterocycles. The van der Waals surface area contributed by atoms with Gasteiger partial charge in [0.05, 0.1) is 5.56 Å². The fourth-order valence-electron chi connectivity index (χ4n) is 3.30. The number of carbonyl (C=O) groups is 2. The van der Waals surface area contributed by atoms with Gasteiger partial charge in [0.2, 0.25) is 0 Å². The zero-order valence-corrected chi connectivity index (χ0v) is 13.6. The summed E-state index contributed by atoms with van der Waals surface area (Å²) in [5, 5.41) is 1.10. The van der Waals surface area contributed by atoms with E-state index in [1.54, 1.807) is 24.4 Å². The quantitative estimate of drug-likeness (QED) is 0.629. The third kappa shape index (κ3) is 2.98. The highest BCUT2D eigenvalue weighted by Crippen LogP contribution is 2.29. The second-order valence-corrected chi connectivity index (χ2v) is 6.20. The Morgan fingerprint density at radius 3 is 2.60 bits per heavy atom. The number of nitrogens with zero attached hydrogens (tertiary/aromatic N) is 1. The van der Waals surface area contributed by atoms with Crippen molar-refractivity contribution in [1.29, 1.82) is 0 Å². The molecule has 3 aromatic rings. The molecular formula is C19H18N4O2. The highest BCUT2D eigenvalue weighted by atomic mass is 16.2. The molecule has 126 valence electrons. The second kappa shape index (κ2) is 6.39. The van der Waals surface area contributed by atoms with Crippen LogP contribution in [0.5, 0.6) is 0 Å². The summed E-state index contributed by atoms with van der Waals surface area (Å²) in [4.78, 5) is 31.7. The summed E-state index contributed by atoms with van der Waals surface area (Å²) < 4.78 is 0. The predicted molar refractivity (Wildman–Crippen MR) is 94.1 cm³/mol. The lowest BCUT2D eigenvalue weighted by Gasteiger charge is -2.11. The molecule has 4 rings (SSSR count). The summed E-state index contributed by atoms with van der Waals surface area (Å²) in [6, 6.07) is 8.87. The van der Waals surface area contributed by atoms with Gasteiger partial charge in [0.1, 0.15) is 0 Å². The van der Waals surface area contributed by atoms with Gasteiger partial charge in [-0.05, 0) is 61.6 Å². The predicted octanol–water partition coefficient (Wildman–Crippen LogP) is 2.52. The minimum absolute atomic E-state index is 0.343. The highest BCUT2D eigenvalue weighted by Gasteiger charge is 2.17. The van der Waals surface area contributed by atoms with Crippen LogP contribution in [-0.2, 0) is 12.8 Å². The number of fused-ring (bicyclic) bond motifs is 3. The number of benzene rings is 1. The van der Waals surface area contributed by atoms with Crippen molar-refractivity contribution in [2.45, 2.75) is 25.7 Å². The molecule has 2 amide bonds. The molecule has 2 aromatic heterocycles. The van der Waals surface area contributed by atoms with Gasteiger partial charge < -0.3 is 4.98 Å². The maximum absolute atomic E-state index is 12.4. The molecule has 0 atom stereocenters. The fourth-order valence-corrected chi connectivity index (χ4v) is 3.30. The van der Waals surface area contributed by atoms with E-state index in [4.69, 9.17) is 0 Å². The SMILES string of the molecule is O=C(NNC(=O)c1ccc2[nH]c3c(c2c1)CCCC3)c1cccnc1. The van der Waals surface area contributed by atoms with Crippen molar-refractivity contribution in [2.75, 3.05) is 0 Å². The Kier molecular flexibility index (Phi) is 3.93. The van der Waals surface area contributed by atoms with E-state index in [-0.39, 0.29) is 5.91 Å². The van der Waals surface area contributed by atoms with Gasteiger partial charge in [0, 0.05) is 34.6 Å². The Morgan fingerprint density at radius 1 is 1.00 bits per heavy atom. The molecular weight excluding hydrogens is 316 g/mol. The van der Waals surface area contributed by atoms with E-state index in [1.165, 1.54) is 30.3 Å². The van der Waals surface area contributed by atoms with E-state index >= 15 is 0 Å². The minimum Gasteiger partial charge on any atom is -0.358 e. The van der Waals surface area contributed by atoms with Crippen LogP contribution in [0.25, 0.3) is 10.9 Å². The first kappa shape index (κ1) is 15.4. The van der Waals surface area contributed by atoms with Gasteiger partial charge in [-0.2, -0.15) is 0 Å². The van der Waals surface area contributed by atoms with Crippen molar-refractivity contribution in [2.24, 2.45) is 0 Å². The number of nitrogens with one attached hydrogen (secondary N) is 3. The zero-order valence-electron chi connectivity index (χ0n) is 13.6. The lowest BCUT2D eigenvalue weighted by molar-refractivity contribution is 0.0846. The molecule has 1 aliphatic carbocycles. The Hall–Kier alpha value is -3.15. The number of carbonyl (C=O) groups excluding carboxylic acids is 2. The van der Waals surface area contributed by atoms with Crippen LogP contribution < -0.4 is 10.9 Å². The number of hydrogen-bond acceptors (Lipinski definition) is 3. The van der Waals surface area contributed by atoms with Crippen molar-refractivity contribution in [1.82, 2.24) is 20.8 Å². The van der Waals surface area contributed by atoms with Crippen LogP contribution in [-0.4, -0.2) is 21.8 Å². The molecule has 3 N–H and O–H groups in total. The van der Waals surface area contributed by atoms with Gasteiger partial charge in [0.15, 0.2) is 0 Å². The van der Waals surface area contributed by atoms with Crippen molar-refractivity contribution in [3.63, 3.8) is 0 Å². The Morgan fingerprint density at radius 2 is 1.80 bits per heavy atom. The first-order valence-corrected chi connectivity index (χ1v) is 8.36. The average Bonchev–Trinajstić information content (AvgIpc) is 3.04. The summed E-state index contributed by atoms with van der Waals surface area (Å²) in [6.07, 6.45) is 7.51. The van der Waals surface area contributed by atoms with Gasteiger partial charge in [-0.25, -0.2) is 0 Å². The van der Waals surface area contributed by atoms with Gasteiger partial charge in [0.25, 0.3) is 11.8 Å². The van der Waals surface area contributed by atoms with E-state index in [2.05, 4.69) is 20.8 Å². The molecule has 0 unspecified atom stereocenters. The summed E-state index contributed by atoms with van der Waals surface area (Å²) in [5.74, 6) is -0.744. The summed E-state index contributed by atoms with van der Waals surface area (Å²) in [7, 11) is 0. The van der Waals surface area contributed by atoms with E-state index in [1.807, 2.05) is 12.1 Å². The van der Waals surface area contributed by atoms with Crippen molar-refractivity contribution < 1.29 is 9.59 Å². The average molecular weight is 334 g/mol. The van der Waals surface area contributed by atoms with E-state index in [0.29, 0.717) is 11.1 Å². The molecule has 0 aliphatic heterocycles. The van der Waals surface area contributed by atoms with Gasteiger partial charge in [-0.15, -0.1) is 0 Å². The zero-order chi connectivity index (χ0) is 17.2. The van der Waals surface area contributed by atoms with E-state index in [0.717, 1.165) is 23.7 Å². The van der Waals surface area contributed by atoms with Crippen LogP contribution in [0.15, 0.2) is 42.7 Å². The summed E-state index contributed by atoms with van der Waals surface area (Å²) >= 11 is 0. The minimum atomic E-state index is -0.401. The number of aryl methyl sites for hydroxylation is 2. The molecule has 1 aliphatic rings. The Labute approximate surface area is 144 Å². The highest BCUT2D eigenvalue weighted by molar-refractivity contribution is 6.01. The molecule has 0 saturated heterocycles. The topological polar surface area (TPSA) is 86.9 Å². The molecule has 25 heavy (non-hydrogen) atoms. The fraction of sp³-hybridized carbons (Fsp3) is 0.211. The second-order valence-electron chi connectivity index (χ2n) is 6.20. The molecule has 6 heteroatoms. The lowest BCUT2D eigenvalue weighted by atomic mass is 9.95. The first-order chi connectivity index (χ1) is 12.2. The maximum atomic E-state index is 12.4. The molecule has 0 spiro atoms. The number of hydrogen-bond donors (Lipinski definition) is 3. The maximum Gasteiger partial charge on any atom is 0.271 e. The summed E-state index contributed by atoms with van der Waals surface area (Å²) in [6.45, 7) is 0. The first-order valence-electron chi connectivity index (χ1n) is 8.36. The standard InChI is InChI=1S/C19H18N4O2/c24-18(22-23-19(25)13-4-3-9-20-11-13)12-7-8-17-15(10-12)14-5-1-2-6-16(14)21-17/h3-4,7-11,21H,1-2,5-6H2,(H,22,24)(H,23,25). The van der Waals surface area contributed by atoms with Crippen LogP contribution >= 0.6 is 0 Å². The molecule has 1 aromatic carbocycles. The van der Waals surface area contributed by atoms with Crippen molar-refractivity contribution in [3.05, 3.63) is 65.1 Å². The number of aromatic nitrogens is 2. The summed E-state index contributed by atoms with van der Waals surface area (Å²) in [5.41, 5.74) is 9.43. The Bertz CT molecular complexity index is 947. The number of pyridine rings is 1. The number of hydrazine groups is 1. The van der Waals surface area contributed by atoms with E-state index < -0.39 is 5.91 Å². The molecule has 0 saturated carbocycles. The third-order valence-electron chi connectivity index (χ3n) is 4.57. The van der Waals surface area contributed by atoms with E-state index in [9.17, 15) is 9.59 Å². The number of rotatable bonds is 2. The van der Waals surface area contributed by atoms with Gasteiger partial charge >= 0.3 is 0 Å². The number of aromatic amines is 1. The molecule has 0 bridgehead atoms. The monoisotopic (exact) mass is 334 g/mol. The van der Waals surface area contributed by atoms with Gasteiger partial charge in [-0.1, -0.05) is 0 Å². The molecule has 0 fully saturated rings. The van der Waals surface area contributed by atoms with Crippen LogP contribution in [0, 0.1) is 0 Å².